The zero-order chi connectivity index (χ0) is 21.5. The van der Waals surface area contributed by atoms with E-state index in [1.807, 2.05) is 0 Å². The second-order valence-electron chi connectivity index (χ2n) is 7.79. The summed E-state index contributed by atoms with van der Waals surface area (Å²) in [4.78, 5) is 34.4. The van der Waals surface area contributed by atoms with Crippen molar-refractivity contribution in [2.24, 2.45) is 0 Å². The molecule has 1 saturated heterocycles. The second-order valence-corrected chi connectivity index (χ2v) is 9.78. The average molecular weight is 434 g/mol. The molecule has 4 rings (SSSR count). The molecular formula is C20H23FN4O4S. The molecule has 1 aromatic carbocycles. The Morgan fingerprint density at radius 1 is 1.27 bits per heavy atom. The van der Waals surface area contributed by atoms with Crippen molar-refractivity contribution in [1.82, 2.24) is 19.2 Å². The van der Waals surface area contributed by atoms with Gasteiger partial charge in [0.1, 0.15) is 11.6 Å². The van der Waals surface area contributed by atoms with Gasteiger partial charge in [-0.25, -0.2) is 17.8 Å². The van der Waals surface area contributed by atoms with Crippen LogP contribution in [0.5, 0.6) is 0 Å². The largest absolute Gasteiger partial charge is 0.338 e. The van der Waals surface area contributed by atoms with E-state index in [4.69, 9.17) is 0 Å². The van der Waals surface area contributed by atoms with Crippen LogP contribution in [0.25, 0.3) is 0 Å². The Morgan fingerprint density at radius 3 is 2.77 bits per heavy atom. The van der Waals surface area contributed by atoms with Crippen LogP contribution in [-0.2, 0) is 23.0 Å². The minimum atomic E-state index is -3.38. The standard InChI is InChI=1S/C20H23FN4O4S/c1-30(28,29)25-10-8-17-15(12-25)19(26)23-18(22-17)13-5-4-9-24(11-13)20(27)14-6-2-3-7-16(14)21/h2-3,6-7,13H,4-5,8-12H2,1H3,(H,22,23,26)/t13-/m1/s1. The molecule has 2 aliphatic rings. The number of likely N-dealkylation sites (tertiary alicyclic amines) is 1. The normalized spacial score (nSPS) is 20.1. The lowest BCUT2D eigenvalue weighted by Crippen LogP contribution is -2.42. The van der Waals surface area contributed by atoms with Crippen molar-refractivity contribution in [1.29, 1.82) is 0 Å². The first-order chi connectivity index (χ1) is 14.2. The highest BCUT2D eigenvalue weighted by Crippen LogP contribution is 2.27. The van der Waals surface area contributed by atoms with Crippen LogP contribution in [0.1, 0.15) is 46.2 Å². The number of nitrogens with one attached hydrogen (secondary N) is 1. The Balaban J connectivity index is 1.56. The van der Waals surface area contributed by atoms with Gasteiger partial charge in [0.2, 0.25) is 10.0 Å². The summed E-state index contributed by atoms with van der Waals surface area (Å²) in [5.41, 5.74) is 0.656. The van der Waals surface area contributed by atoms with Crippen LogP contribution in [0.3, 0.4) is 0 Å². The summed E-state index contributed by atoms with van der Waals surface area (Å²) in [6.45, 7) is 1.15. The number of H-pyrrole nitrogens is 1. The molecule has 160 valence electrons. The zero-order valence-electron chi connectivity index (χ0n) is 16.6. The average Bonchev–Trinajstić information content (AvgIpc) is 2.73. The number of aromatic nitrogens is 2. The Kier molecular flexibility index (Phi) is 5.46. The minimum Gasteiger partial charge on any atom is -0.338 e. The van der Waals surface area contributed by atoms with Crippen molar-refractivity contribution in [3.8, 4) is 0 Å². The molecule has 2 aromatic rings. The van der Waals surface area contributed by atoms with Crippen LogP contribution >= 0.6 is 0 Å². The van der Waals surface area contributed by atoms with Gasteiger partial charge in [-0.2, -0.15) is 4.31 Å². The van der Waals surface area contributed by atoms with Crippen molar-refractivity contribution < 1.29 is 17.6 Å². The van der Waals surface area contributed by atoms with E-state index >= 15 is 0 Å². The number of aromatic amines is 1. The lowest BCUT2D eigenvalue weighted by Gasteiger charge is -2.33. The van der Waals surface area contributed by atoms with Gasteiger partial charge in [-0.1, -0.05) is 12.1 Å². The molecule has 3 heterocycles. The lowest BCUT2D eigenvalue weighted by atomic mass is 9.95. The van der Waals surface area contributed by atoms with Gasteiger partial charge in [0, 0.05) is 38.5 Å². The molecule has 8 nitrogen and oxygen atoms in total. The number of carbonyl (C=O) groups excluding carboxylic acids is 1. The third kappa shape index (κ3) is 4.01. The molecule has 0 aliphatic carbocycles. The van der Waals surface area contributed by atoms with Gasteiger partial charge >= 0.3 is 0 Å². The number of carbonyl (C=O) groups is 1. The van der Waals surface area contributed by atoms with E-state index < -0.39 is 15.8 Å². The molecule has 0 unspecified atom stereocenters. The van der Waals surface area contributed by atoms with Crippen LogP contribution in [0.15, 0.2) is 29.1 Å². The van der Waals surface area contributed by atoms with Crippen LogP contribution in [-0.4, -0.2) is 59.4 Å². The van der Waals surface area contributed by atoms with E-state index in [2.05, 4.69) is 9.97 Å². The molecule has 10 heteroatoms. The summed E-state index contributed by atoms with van der Waals surface area (Å²) in [7, 11) is -3.38. The number of sulfonamides is 1. The number of nitrogens with zero attached hydrogens (tertiary/aromatic N) is 3. The number of fused-ring (bicyclic) bond motifs is 1. The number of halogens is 1. The first-order valence-electron chi connectivity index (χ1n) is 9.85. The number of piperidine rings is 1. The van der Waals surface area contributed by atoms with Gasteiger partial charge in [0.15, 0.2) is 0 Å². The topological polar surface area (TPSA) is 103 Å². The minimum absolute atomic E-state index is 0.0132. The van der Waals surface area contributed by atoms with Gasteiger partial charge in [0.05, 0.1) is 23.1 Å². The third-order valence-electron chi connectivity index (χ3n) is 5.72. The zero-order valence-corrected chi connectivity index (χ0v) is 17.4. The molecule has 1 atom stereocenters. The monoisotopic (exact) mass is 434 g/mol. The molecule has 30 heavy (non-hydrogen) atoms. The van der Waals surface area contributed by atoms with Crippen molar-refractivity contribution >= 4 is 15.9 Å². The van der Waals surface area contributed by atoms with E-state index in [0.29, 0.717) is 43.0 Å². The Morgan fingerprint density at radius 2 is 2.03 bits per heavy atom. The lowest BCUT2D eigenvalue weighted by molar-refractivity contribution is 0.0699. The van der Waals surface area contributed by atoms with Crippen molar-refractivity contribution in [2.45, 2.75) is 31.7 Å². The fraction of sp³-hybridized carbons (Fsp3) is 0.450. The number of rotatable bonds is 3. The quantitative estimate of drug-likeness (QED) is 0.783. The first-order valence-corrected chi connectivity index (χ1v) is 11.7. The summed E-state index contributed by atoms with van der Waals surface area (Å²) in [5, 5.41) is 0. The fourth-order valence-corrected chi connectivity index (χ4v) is 4.87. The number of hydrogen-bond donors (Lipinski definition) is 1. The van der Waals surface area contributed by atoms with E-state index in [1.54, 1.807) is 11.0 Å². The molecule has 0 bridgehead atoms. The molecule has 0 saturated carbocycles. The Hall–Kier alpha value is -2.59. The van der Waals surface area contributed by atoms with Crippen LogP contribution in [0.2, 0.25) is 0 Å². The van der Waals surface area contributed by atoms with Crippen LogP contribution in [0, 0.1) is 5.82 Å². The first kappa shape index (κ1) is 20.7. The molecular weight excluding hydrogens is 411 g/mol. The summed E-state index contributed by atoms with van der Waals surface area (Å²) < 4.78 is 38.9. The summed E-state index contributed by atoms with van der Waals surface area (Å²) in [6, 6.07) is 5.89. The van der Waals surface area contributed by atoms with Gasteiger partial charge in [-0.3, -0.25) is 9.59 Å². The van der Waals surface area contributed by atoms with Gasteiger partial charge < -0.3 is 9.88 Å². The van der Waals surface area contributed by atoms with Crippen molar-refractivity contribution in [3.05, 3.63) is 63.1 Å². The van der Waals surface area contributed by atoms with Crippen molar-refractivity contribution in [3.63, 3.8) is 0 Å². The molecule has 2 aliphatic heterocycles. The van der Waals surface area contributed by atoms with Crippen LogP contribution in [0.4, 0.5) is 4.39 Å². The van der Waals surface area contributed by atoms with E-state index in [1.165, 1.54) is 22.5 Å². The fourth-order valence-electron chi connectivity index (χ4n) is 4.09. The van der Waals surface area contributed by atoms with Gasteiger partial charge in [-0.05, 0) is 25.0 Å². The Bertz CT molecular complexity index is 1150. The molecule has 1 fully saturated rings. The summed E-state index contributed by atoms with van der Waals surface area (Å²) >= 11 is 0. The second kappa shape index (κ2) is 7.92. The maximum absolute atomic E-state index is 14.0. The third-order valence-corrected chi connectivity index (χ3v) is 6.97. The molecule has 1 aromatic heterocycles. The highest BCUT2D eigenvalue weighted by Gasteiger charge is 2.31. The number of amides is 1. The predicted molar refractivity (Wildman–Crippen MR) is 108 cm³/mol. The van der Waals surface area contributed by atoms with Crippen molar-refractivity contribution in [2.75, 3.05) is 25.9 Å². The molecule has 1 amide bonds. The van der Waals surface area contributed by atoms with Gasteiger partial charge in [0.25, 0.3) is 11.5 Å². The summed E-state index contributed by atoms with van der Waals surface area (Å²) in [6.07, 6.45) is 2.95. The highest BCUT2D eigenvalue weighted by molar-refractivity contribution is 7.88. The number of hydrogen-bond acceptors (Lipinski definition) is 5. The van der Waals surface area contributed by atoms with Gasteiger partial charge in [-0.15, -0.1) is 0 Å². The summed E-state index contributed by atoms with van der Waals surface area (Å²) in [5.74, 6) is -0.597. The molecule has 0 spiro atoms. The van der Waals surface area contributed by atoms with E-state index in [0.717, 1.165) is 12.7 Å². The van der Waals surface area contributed by atoms with E-state index in [9.17, 15) is 22.4 Å². The SMILES string of the molecule is CS(=O)(=O)N1CCc2nc([C@@H]3CCCN(C(=O)c4ccccc4F)C3)[nH]c(=O)c2C1. The smallest absolute Gasteiger partial charge is 0.256 e. The molecule has 0 radical (unpaired) electrons. The van der Waals surface area contributed by atoms with E-state index in [-0.39, 0.29) is 36.0 Å². The Labute approximate surface area is 173 Å². The highest BCUT2D eigenvalue weighted by atomic mass is 32.2. The maximum Gasteiger partial charge on any atom is 0.256 e. The number of benzene rings is 1. The molecule has 1 N–H and O–H groups in total. The maximum atomic E-state index is 14.0. The predicted octanol–water partition coefficient (Wildman–Crippen LogP) is 1.25. The van der Waals surface area contributed by atoms with Crippen LogP contribution < -0.4 is 5.56 Å².